The summed E-state index contributed by atoms with van der Waals surface area (Å²) in [5, 5.41) is 34.8. The number of aliphatic hydroxyl groups excluding tert-OH is 2. The van der Waals surface area contributed by atoms with Crippen LogP contribution in [0.4, 0.5) is 13.6 Å². The molecule has 0 unspecified atom stereocenters. The van der Waals surface area contributed by atoms with Crippen molar-refractivity contribution in [1.82, 2.24) is 10.6 Å². The Kier molecular flexibility index (Phi) is 9.13. The highest BCUT2D eigenvalue weighted by Crippen LogP contribution is 2.52. The van der Waals surface area contributed by atoms with Crippen LogP contribution in [0.1, 0.15) is 50.7 Å². The Morgan fingerprint density at radius 2 is 1.95 bits per heavy atom. The van der Waals surface area contributed by atoms with Gasteiger partial charge in [-0.15, -0.1) is 0 Å². The molecule has 0 radical (unpaired) electrons. The minimum absolute atomic E-state index is 0.0241. The molecule has 200 valence electrons. The van der Waals surface area contributed by atoms with Crippen LogP contribution in [-0.2, 0) is 10.2 Å². The van der Waals surface area contributed by atoms with Gasteiger partial charge in [-0.3, -0.25) is 5.32 Å². The van der Waals surface area contributed by atoms with E-state index >= 15 is 4.39 Å². The van der Waals surface area contributed by atoms with Crippen molar-refractivity contribution in [1.29, 1.82) is 5.26 Å². The predicted octanol–water partition coefficient (Wildman–Crippen LogP) is 4.37. The highest BCUT2D eigenvalue weighted by molar-refractivity contribution is 6.30. The highest BCUT2D eigenvalue weighted by Gasteiger charge is 2.60. The lowest BCUT2D eigenvalue weighted by Gasteiger charge is -2.37. The van der Waals surface area contributed by atoms with E-state index in [0.29, 0.717) is 12.0 Å². The van der Waals surface area contributed by atoms with Gasteiger partial charge < -0.3 is 20.3 Å². The smallest absolute Gasteiger partial charge is 0.408 e. The zero-order valence-electron chi connectivity index (χ0n) is 21.0. The summed E-state index contributed by atoms with van der Waals surface area (Å²) in [6, 6.07) is 11.7. The molecule has 4 N–H and O–H groups in total. The van der Waals surface area contributed by atoms with Gasteiger partial charge in [0.2, 0.25) is 0 Å². The van der Waals surface area contributed by atoms with E-state index < -0.39 is 54.0 Å². The number of carbonyl (C=O) groups excluding carboxylic acids is 1. The Labute approximate surface area is 220 Å². The van der Waals surface area contributed by atoms with Crippen LogP contribution in [0.2, 0.25) is 5.02 Å². The molecule has 3 rings (SSSR count). The van der Waals surface area contributed by atoms with Crippen LogP contribution in [-0.4, -0.2) is 47.8 Å². The van der Waals surface area contributed by atoms with Gasteiger partial charge in [0, 0.05) is 12.6 Å². The van der Waals surface area contributed by atoms with Gasteiger partial charge in [0.15, 0.2) is 6.23 Å². The second kappa shape index (κ2) is 11.7. The van der Waals surface area contributed by atoms with Crippen LogP contribution in [0, 0.1) is 28.4 Å². The molecule has 1 amide bonds. The number of amides is 1. The largest absolute Gasteiger partial charge is 0.430 e. The molecule has 10 heteroatoms. The van der Waals surface area contributed by atoms with E-state index in [9.17, 15) is 19.6 Å². The van der Waals surface area contributed by atoms with Gasteiger partial charge in [0.25, 0.3) is 0 Å². The van der Waals surface area contributed by atoms with Crippen LogP contribution in [0.25, 0.3) is 0 Å². The molecule has 37 heavy (non-hydrogen) atoms. The molecule has 1 saturated heterocycles. The molecule has 1 heterocycles. The number of halogens is 3. The molecule has 7 nitrogen and oxygen atoms in total. The van der Waals surface area contributed by atoms with Crippen LogP contribution in [0.15, 0.2) is 42.5 Å². The fraction of sp³-hybridized carbons (Fsp3) is 0.481. The maximum atomic E-state index is 15.5. The van der Waals surface area contributed by atoms with E-state index in [1.807, 2.05) is 20.8 Å². The summed E-state index contributed by atoms with van der Waals surface area (Å²) in [6.07, 6.45) is -2.45. The van der Waals surface area contributed by atoms with Gasteiger partial charge in [0.1, 0.15) is 17.0 Å². The Hall–Kier alpha value is -2.77. The first kappa shape index (κ1) is 28.8. The topological polar surface area (TPSA) is 115 Å². The normalized spacial score (nSPS) is 24.4. The molecule has 1 aliphatic heterocycles. The molecule has 0 bridgehead atoms. The predicted molar refractivity (Wildman–Crippen MR) is 135 cm³/mol. The van der Waals surface area contributed by atoms with E-state index in [0.717, 1.165) is 0 Å². The Morgan fingerprint density at radius 1 is 1.27 bits per heavy atom. The first-order valence-electron chi connectivity index (χ1n) is 12.0. The summed E-state index contributed by atoms with van der Waals surface area (Å²) in [5.41, 5.74) is -1.21. The minimum Gasteiger partial charge on any atom is -0.430 e. The molecule has 2 aromatic rings. The van der Waals surface area contributed by atoms with E-state index in [1.54, 1.807) is 6.07 Å². The molecule has 1 aliphatic rings. The van der Waals surface area contributed by atoms with Gasteiger partial charge in [-0.1, -0.05) is 56.6 Å². The lowest BCUT2D eigenvalue weighted by Crippen LogP contribution is -2.44. The number of ether oxygens (including phenoxy) is 1. The number of carbonyl (C=O) groups is 1. The second-order valence-electron chi connectivity index (χ2n) is 10.5. The summed E-state index contributed by atoms with van der Waals surface area (Å²) in [4.78, 5) is 12.7. The van der Waals surface area contributed by atoms with Crippen molar-refractivity contribution in [2.24, 2.45) is 5.41 Å². The average Bonchev–Trinajstić information content (AvgIpc) is 3.12. The molecular weight excluding hydrogens is 504 g/mol. The van der Waals surface area contributed by atoms with E-state index in [4.69, 9.17) is 21.4 Å². The molecule has 0 aliphatic carbocycles. The fourth-order valence-electron chi connectivity index (χ4n) is 4.89. The van der Waals surface area contributed by atoms with Crippen LogP contribution < -0.4 is 10.6 Å². The summed E-state index contributed by atoms with van der Waals surface area (Å²) in [7, 11) is 0. The molecule has 1 fully saturated rings. The van der Waals surface area contributed by atoms with Crippen molar-refractivity contribution < 1.29 is 28.5 Å². The molecular formula is C27H32ClF2N3O4. The number of aliphatic hydroxyl groups is 2. The first-order valence-corrected chi connectivity index (χ1v) is 12.4. The maximum Gasteiger partial charge on any atom is 0.408 e. The zero-order valence-corrected chi connectivity index (χ0v) is 21.7. The van der Waals surface area contributed by atoms with Crippen molar-refractivity contribution >= 4 is 17.7 Å². The number of hydrogen-bond donors (Lipinski definition) is 4. The van der Waals surface area contributed by atoms with Gasteiger partial charge in [-0.05, 0) is 47.6 Å². The lowest BCUT2D eigenvalue weighted by molar-refractivity contribution is 0.0685. The first-order chi connectivity index (χ1) is 17.4. The zero-order chi connectivity index (χ0) is 27.4. The number of nitrogens with zero attached hydrogens (tertiary/aromatic N) is 1. The number of nitrogens with one attached hydrogen (secondary N) is 2. The fourth-order valence-corrected chi connectivity index (χ4v) is 5.07. The molecule has 0 saturated carbocycles. The van der Waals surface area contributed by atoms with Crippen molar-refractivity contribution in [3.05, 3.63) is 70.2 Å². The van der Waals surface area contributed by atoms with Crippen molar-refractivity contribution in [3.63, 3.8) is 0 Å². The van der Waals surface area contributed by atoms with Crippen LogP contribution >= 0.6 is 11.6 Å². The molecule has 0 aromatic heterocycles. The number of rotatable bonds is 8. The Morgan fingerprint density at radius 3 is 2.54 bits per heavy atom. The summed E-state index contributed by atoms with van der Waals surface area (Å²) in [5.74, 6) is -2.27. The third-order valence-corrected chi connectivity index (χ3v) is 6.83. The van der Waals surface area contributed by atoms with Crippen molar-refractivity contribution in [2.75, 3.05) is 13.2 Å². The molecule has 0 spiro atoms. The van der Waals surface area contributed by atoms with Gasteiger partial charge >= 0.3 is 6.09 Å². The van der Waals surface area contributed by atoms with Gasteiger partial charge in [0.05, 0.1) is 29.7 Å². The second-order valence-corrected chi connectivity index (χ2v) is 10.9. The minimum atomic E-state index is -1.45. The van der Waals surface area contributed by atoms with Crippen molar-refractivity contribution in [2.45, 2.75) is 63.3 Å². The number of alkyl carbamates (subject to hydrolysis) is 1. The Bertz CT molecular complexity index is 1140. The lowest BCUT2D eigenvalue weighted by atomic mass is 9.64. The highest BCUT2D eigenvalue weighted by atomic mass is 35.5. The van der Waals surface area contributed by atoms with E-state index in [-0.39, 0.29) is 29.0 Å². The maximum absolute atomic E-state index is 15.5. The summed E-state index contributed by atoms with van der Waals surface area (Å²) >= 11 is 6.11. The SMILES string of the molecule is CC(C)(C)C[C@@H]1N[C@H](OC(=O)NCC[C@H](O)CO)[C@H](c2cccc(Cl)c2F)[C@@]1(C#N)c1ccc(F)cc1. The average molecular weight is 536 g/mol. The van der Waals surface area contributed by atoms with Crippen LogP contribution in [0.3, 0.4) is 0 Å². The quantitative estimate of drug-likeness (QED) is 0.399. The monoisotopic (exact) mass is 535 g/mol. The van der Waals surface area contributed by atoms with Crippen LogP contribution in [0.5, 0.6) is 0 Å². The van der Waals surface area contributed by atoms with Crippen molar-refractivity contribution in [3.8, 4) is 6.07 Å². The Balaban J connectivity index is 2.11. The standard InChI is InChI=1S/C27H32ClF2N3O4/c1-26(2,3)13-21-27(15-31,16-7-9-17(29)10-8-16)22(19-5-4-6-20(28)23(19)30)24(33-21)37-25(36)32-12-11-18(35)14-34/h4-10,18,21-22,24,33-35H,11-14H2,1-3H3,(H,32,36)/t18-,21-,22-,24+,27-/m0/s1. The number of benzene rings is 2. The number of hydrogen-bond acceptors (Lipinski definition) is 6. The van der Waals surface area contributed by atoms with Gasteiger partial charge in [-0.2, -0.15) is 5.26 Å². The third kappa shape index (κ3) is 6.39. The molecule has 2 aromatic carbocycles. The summed E-state index contributed by atoms with van der Waals surface area (Å²) in [6.45, 7) is 5.54. The third-order valence-electron chi connectivity index (χ3n) is 6.54. The summed E-state index contributed by atoms with van der Waals surface area (Å²) < 4.78 is 35.0. The number of nitriles is 1. The molecule has 5 atom stereocenters. The van der Waals surface area contributed by atoms with E-state index in [2.05, 4.69) is 16.7 Å². The van der Waals surface area contributed by atoms with Gasteiger partial charge in [-0.25, -0.2) is 13.6 Å². The van der Waals surface area contributed by atoms with E-state index in [1.165, 1.54) is 36.4 Å².